The minimum absolute atomic E-state index is 0.286. The van der Waals surface area contributed by atoms with E-state index in [0.29, 0.717) is 23.3 Å². The highest BCUT2D eigenvalue weighted by atomic mass is 16.5. The van der Waals surface area contributed by atoms with Crippen molar-refractivity contribution in [3.8, 4) is 5.75 Å². The Morgan fingerprint density at radius 1 is 1.04 bits per heavy atom. The van der Waals surface area contributed by atoms with Crippen LogP contribution in [0.3, 0.4) is 0 Å². The minimum Gasteiger partial charge on any atom is -0.480 e. The Hall–Kier alpha value is -2.95. The summed E-state index contributed by atoms with van der Waals surface area (Å²) in [5, 5.41) is 0. The maximum atomic E-state index is 12.7. The lowest BCUT2D eigenvalue weighted by Gasteiger charge is -2.21. The lowest BCUT2D eigenvalue weighted by atomic mass is 10.1. The predicted octanol–water partition coefficient (Wildman–Crippen LogP) is 2.71. The van der Waals surface area contributed by atoms with Gasteiger partial charge in [-0.25, -0.2) is 0 Å². The van der Waals surface area contributed by atoms with Gasteiger partial charge < -0.3 is 4.74 Å². The summed E-state index contributed by atoms with van der Waals surface area (Å²) in [6.45, 7) is 1.51. The van der Waals surface area contributed by atoms with Crippen molar-refractivity contribution in [1.82, 2.24) is 4.90 Å². The quantitative estimate of drug-likeness (QED) is 0.641. The van der Waals surface area contributed by atoms with Crippen LogP contribution in [0.25, 0.3) is 0 Å². The van der Waals surface area contributed by atoms with Crippen molar-refractivity contribution >= 4 is 17.6 Å². The van der Waals surface area contributed by atoms with Crippen LogP contribution < -0.4 is 4.74 Å². The molecule has 1 aliphatic heterocycles. The van der Waals surface area contributed by atoms with Gasteiger partial charge in [-0.05, 0) is 18.6 Å². The van der Waals surface area contributed by atoms with Gasteiger partial charge >= 0.3 is 0 Å². The number of Topliss-reactive ketones (excluding diaryl/α,β-unsaturated/α-hetero) is 1. The molecule has 0 fully saturated rings. The number of ether oxygens (including phenoxy) is 1. The smallest absolute Gasteiger partial charge is 0.270 e. The predicted molar refractivity (Wildman–Crippen MR) is 88.0 cm³/mol. The van der Waals surface area contributed by atoms with Gasteiger partial charge in [0, 0.05) is 5.56 Å². The SMILES string of the molecule is CC[C@H]1Oc2ccccc2C(=O)N(CC(=O)c2ccccc2)C1=O. The molecule has 24 heavy (non-hydrogen) atoms. The van der Waals surface area contributed by atoms with Crippen molar-refractivity contribution in [2.45, 2.75) is 19.4 Å². The normalized spacial score (nSPS) is 17.0. The van der Waals surface area contributed by atoms with E-state index in [-0.39, 0.29) is 12.3 Å². The van der Waals surface area contributed by atoms with Crippen LogP contribution in [0.1, 0.15) is 34.1 Å². The third-order valence-corrected chi connectivity index (χ3v) is 3.94. The van der Waals surface area contributed by atoms with Crippen LogP contribution in [0.4, 0.5) is 0 Å². The van der Waals surface area contributed by atoms with Crippen LogP contribution in [0.5, 0.6) is 5.75 Å². The van der Waals surface area contributed by atoms with Gasteiger partial charge in [0.15, 0.2) is 11.9 Å². The number of hydrogen-bond acceptors (Lipinski definition) is 4. The number of carbonyl (C=O) groups excluding carboxylic acids is 3. The van der Waals surface area contributed by atoms with Crippen molar-refractivity contribution in [3.63, 3.8) is 0 Å². The largest absolute Gasteiger partial charge is 0.480 e. The second kappa shape index (κ2) is 6.66. The molecule has 122 valence electrons. The number of fused-ring (bicyclic) bond motifs is 1. The molecule has 3 rings (SSSR count). The number of para-hydroxylation sites is 1. The summed E-state index contributed by atoms with van der Waals surface area (Å²) in [7, 11) is 0. The summed E-state index contributed by atoms with van der Waals surface area (Å²) in [6, 6.07) is 15.3. The Balaban J connectivity index is 1.94. The highest BCUT2D eigenvalue weighted by Crippen LogP contribution is 2.26. The van der Waals surface area contributed by atoms with E-state index < -0.39 is 17.9 Å². The van der Waals surface area contributed by atoms with E-state index in [2.05, 4.69) is 0 Å². The number of carbonyl (C=O) groups is 3. The molecule has 0 aromatic heterocycles. The molecule has 5 heteroatoms. The van der Waals surface area contributed by atoms with Gasteiger partial charge in [-0.3, -0.25) is 19.3 Å². The fourth-order valence-electron chi connectivity index (χ4n) is 2.64. The van der Waals surface area contributed by atoms with Gasteiger partial charge in [0.2, 0.25) is 0 Å². The third kappa shape index (κ3) is 2.93. The number of hydrogen-bond donors (Lipinski definition) is 0. The maximum Gasteiger partial charge on any atom is 0.270 e. The molecule has 2 amide bonds. The number of benzene rings is 2. The van der Waals surface area contributed by atoms with Gasteiger partial charge in [0.1, 0.15) is 5.75 Å². The Morgan fingerprint density at radius 3 is 2.42 bits per heavy atom. The summed E-state index contributed by atoms with van der Waals surface area (Å²) in [5.41, 5.74) is 0.757. The highest BCUT2D eigenvalue weighted by Gasteiger charge is 2.36. The minimum atomic E-state index is -0.777. The summed E-state index contributed by atoms with van der Waals surface area (Å²) < 4.78 is 5.68. The Morgan fingerprint density at radius 2 is 1.71 bits per heavy atom. The second-order valence-corrected chi connectivity index (χ2v) is 5.53. The lowest BCUT2D eigenvalue weighted by Crippen LogP contribution is -2.45. The Kier molecular flexibility index (Phi) is 4.42. The van der Waals surface area contributed by atoms with Crippen LogP contribution in [0, 0.1) is 0 Å². The number of ketones is 1. The molecular formula is C19H17NO4. The summed E-state index contributed by atoms with van der Waals surface area (Å²) in [6.07, 6.45) is -0.364. The molecular weight excluding hydrogens is 306 g/mol. The second-order valence-electron chi connectivity index (χ2n) is 5.53. The van der Waals surface area contributed by atoms with E-state index in [1.807, 2.05) is 0 Å². The molecule has 0 saturated carbocycles. The van der Waals surface area contributed by atoms with Crippen LogP contribution >= 0.6 is 0 Å². The number of amides is 2. The Labute approximate surface area is 139 Å². The fraction of sp³-hybridized carbons (Fsp3) is 0.211. The number of nitrogens with zero attached hydrogens (tertiary/aromatic N) is 1. The maximum absolute atomic E-state index is 12.7. The molecule has 1 heterocycles. The van der Waals surface area contributed by atoms with Crippen molar-refractivity contribution in [2.75, 3.05) is 6.54 Å². The monoisotopic (exact) mass is 323 g/mol. The Bertz CT molecular complexity index is 785. The van der Waals surface area contributed by atoms with Gasteiger partial charge in [-0.15, -0.1) is 0 Å². The topological polar surface area (TPSA) is 63.7 Å². The first kappa shape index (κ1) is 15.9. The molecule has 2 aromatic rings. The van der Waals surface area contributed by atoms with E-state index in [1.165, 1.54) is 0 Å². The number of imide groups is 1. The van der Waals surface area contributed by atoms with Crippen LogP contribution in [0.15, 0.2) is 54.6 Å². The summed E-state index contributed by atoms with van der Waals surface area (Å²) in [5.74, 6) is -0.900. The molecule has 0 spiro atoms. The number of rotatable bonds is 4. The molecule has 0 aliphatic carbocycles. The average Bonchev–Trinajstić information content (AvgIpc) is 2.72. The molecule has 0 bridgehead atoms. The first-order valence-corrected chi connectivity index (χ1v) is 7.81. The first-order chi connectivity index (χ1) is 11.6. The van der Waals surface area contributed by atoms with E-state index in [0.717, 1.165) is 4.90 Å². The van der Waals surface area contributed by atoms with Crippen LogP contribution in [-0.4, -0.2) is 35.1 Å². The first-order valence-electron chi connectivity index (χ1n) is 7.81. The standard InChI is InChI=1S/C19H17NO4/c1-2-16-19(23)20(12-15(21)13-8-4-3-5-9-13)18(22)14-10-6-7-11-17(14)24-16/h3-11,16H,2,12H2,1H3/t16-/m1/s1. The molecule has 0 radical (unpaired) electrons. The van der Waals surface area contributed by atoms with Crippen molar-refractivity contribution < 1.29 is 19.1 Å². The van der Waals surface area contributed by atoms with Gasteiger partial charge in [-0.1, -0.05) is 49.4 Å². The zero-order valence-electron chi connectivity index (χ0n) is 13.3. The van der Waals surface area contributed by atoms with Gasteiger partial charge in [0.25, 0.3) is 11.8 Å². The zero-order valence-corrected chi connectivity index (χ0v) is 13.3. The highest BCUT2D eigenvalue weighted by molar-refractivity contribution is 6.12. The van der Waals surface area contributed by atoms with Crippen LogP contribution in [0.2, 0.25) is 0 Å². The van der Waals surface area contributed by atoms with Gasteiger partial charge in [-0.2, -0.15) is 0 Å². The molecule has 2 aromatic carbocycles. The third-order valence-electron chi connectivity index (χ3n) is 3.94. The van der Waals surface area contributed by atoms with Crippen molar-refractivity contribution in [2.24, 2.45) is 0 Å². The zero-order chi connectivity index (χ0) is 17.1. The molecule has 0 N–H and O–H groups in total. The van der Waals surface area contributed by atoms with Crippen molar-refractivity contribution in [3.05, 3.63) is 65.7 Å². The van der Waals surface area contributed by atoms with Crippen LogP contribution in [-0.2, 0) is 4.79 Å². The van der Waals surface area contributed by atoms with E-state index in [1.54, 1.807) is 61.5 Å². The molecule has 0 saturated heterocycles. The molecule has 0 unspecified atom stereocenters. The van der Waals surface area contributed by atoms with E-state index in [4.69, 9.17) is 4.74 Å². The van der Waals surface area contributed by atoms with E-state index in [9.17, 15) is 14.4 Å². The summed E-state index contributed by atoms with van der Waals surface area (Å²) >= 11 is 0. The average molecular weight is 323 g/mol. The lowest BCUT2D eigenvalue weighted by molar-refractivity contribution is -0.135. The molecule has 1 atom stereocenters. The fourth-order valence-corrected chi connectivity index (χ4v) is 2.64. The van der Waals surface area contributed by atoms with E-state index >= 15 is 0 Å². The molecule has 5 nitrogen and oxygen atoms in total. The van der Waals surface area contributed by atoms with Crippen molar-refractivity contribution in [1.29, 1.82) is 0 Å². The summed E-state index contributed by atoms with van der Waals surface area (Å²) in [4.78, 5) is 38.8. The molecule has 1 aliphatic rings. The van der Waals surface area contributed by atoms with Gasteiger partial charge in [0.05, 0.1) is 12.1 Å².